The van der Waals surface area contributed by atoms with E-state index in [1.54, 1.807) is 22.9 Å². The van der Waals surface area contributed by atoms with Crippen LogP contribution >= 0.6 is 0 Å². The van der Waals surface area contributed by atoms with Gasteiger partial charge in [0.15, 0.2) is 12.7 Å². The van der Waals surface area contributed by atoms with E-state index >= 15 is 0 Å². The zero-order chi connectivity index (χ0) is 23.7. The quantitative estimate of drug-likeness (QED) is 0.467. The Bertz CT molecular complexity index is 1140. The summed E-state index contributed by atoms with van der Waals surface area (Å²) in [5, 5.41) is 0. The molecule has 2 aromatic heterocycles. The molecule has 0 spiro atoms. The maximum atomic E-state index is 8.78. The third kappa shape index (κ3) is 2.21. The third-order valence-corrected chi connectivity index (χ3v) is 4.58. The topological polar surface area (TPSA) is 8.81 Å². The van der Waals surface area contributed by atoms with Crippen molar-refractivity contribution in [2.24, 2.45) is 0 Å². The van der Waals surface area contributed by atoms with Crippen LogP contribution < -0.4 is 4.57 Å². The fourth-order valence-corrected chi connectivity index (χ4v) is 3.50. The van der Waals surface area contributed by atoms with Gasteiger partial charge in [-0.25, -0.2) is 0 Å². The van der Waals surface area contributed by atoms with Crippen molar-refractivity contribution in [2.75, 3.05) is 0 Å². The lowest BCUT2D eigenvalue weighted by molar-refractivity contribution is -0.672. The Hall–Kier alpha value is -2.35. The number of rotatable bonds is 3. The lowest BCUT2D eigenvalue weighted by Gasteiger charge is -2.21. The first-order chi connectivity index (χ1) is 14.7. The Morgan fingerprint density at radius 1 is 1.04 bits per heavy atom. The first kappa shape index (κ1) is 8.66. The Labute approximate surface area is 155 Å². The van der Waals surface area contributed by atoms with E-state index in [1.807, 2.05) is 30.5 Å². The van der Waals surface area contributed by atoms with E-state index < -0.39 is 25.5 Å². The molecule has 0 fully saturated rings. The monoisotopic (exact) mass is 325 g/mol. The van der Waals surface area contributed by atoms with E-state index in [2.05, 4.69) is 4.57 Å². The van der Waals surface area contributed by atoms with E-state index in [0.717, 1.165) is 17.0 Å². The van der Waals surface area contributed by atoms with Crippen LogP contribution in [0.4, 0.5) is 0 Å². The summed E-state index contributed by atoms with van der Waals surface area (Å²) in [7, 11) is 0. The van der Waals surface area contributed by atoms with Crippen LogP contribution in [0.25, 0.3) is 17.1 Å². The Morgan fingerprint density at radius 2 is 1.79 bits per heavy atom. The summed E-state index contributed by atoms with van der Waals surface area (Å²) in [5.41, 5.74) is 3.29. The van der Waals surface area contributed by atoms with Crippen LogP contribution in [0.3, 0.4) is 0 Å². The summed E-state index contributed by atoms with van der Waals surface area (Å²) >= 11 is 0. The lowest BCUT2D eigenvalue weighted by atomic mass is 9.92. The largest absolute Gasteiger partial charge is 0.310 e. The molecule has 1 aliphatic rings. The van der Waals surface area contributed by atoms with Crippen LogP contribution in [0.15, 0.2) is 54.9 Å². The molecule has 0 radical (unpaired) electrons. The van der Waals surface area contributed by atoms with Gasteiger partial charge in [0, 0.05) is 34.9 Å². The molecule has 122 valence electrons. The maximum absolute atomic E-state index is 8.78. The van der Waals surface area contributed by atoms with Gasteiger partial charge in [0.1, 0.15) is 5.69 Å². The molecule has 2 heteroatoms. The highest BCUT2D eigenvalue weighted by Crippen LogP contribution is 2.36. The normalized spacial score (nSPS) is 23.6. The van der Waals surface area contributed by atoms with Gasteiger partial charge in [-0.1, -0.05) is 45.8 Å². The average molecular weight is 326 g/mol. The van der Waals surface area contributed by atoms with Gasteiger partial charge >= 0.3 is 0 Å². The fraction of sp³-hybridized carbons (Fsp3) is 0.318. The molecular formula is C22H25N2+. The molecule has 1 aliphatic heterocycles. The molecule has 2 atom stereocenters. The number of fused-ring (bicyclic) bond motifs is 3. The number of hydrogen-bond acceptors (Lipinski definition) is 0. The summed E-state index contributed by atoms with van der Waals surface area (Å²) in [6.07, 6.45) is 3.72. The van der Waals surface area contributed by atoms with E-state index in [9.17, 15) is 0 Å². The zero-order valence-electron chi connectivity index (χ0n) is 21.8. The average Bonchev–Trinajstić information content (AvgIpc) is 3.24. The van der Waals surface area contributed by atoms with E-state index in [1.165, 1.54) is 19.9 Å². The summed E-state index contributed by atoms with van der Waals surface area (Å²) < 4.78 is 69.3. The maximum Gasteiger partial charge on any atom is 0.230 e. The predicted molar refractivity (Wildman–Crippen MR) is 98.7 cm³/mol. The smallest absolute Gasteiger partial charge is 0.230 e. The molecule has 0 saturated carbocycles. The Morgan fingerprint density at radius 3 is 2.50 bits per heavy atom. The molecule has 0 amide bonds. The highest BCUT2D eigenvalue weighted by molar-refractivity contribution is 5.66. The molecule has 0 saturated heterocycles. The first-order valence-electron chi connectivity index (χ1n) is 12.0. The van der Waals surface area contributed by atoms with Crippen LogP contribution in [0.1, 0.15) is 67.0 Å². The Balaban J connectivity index is 2.10. The predicted octanol–water partition coefficient (Wildman–Crippen LogP) is 5.04. The second-order valence-corrected chi connectivity index (χ2v) is 6.23. The fourth-order valence-electron chi connectivity index (χ4n) is 3.50. The summed E-state index contributed by atoms with van der Waals surface area (Å²) in [6, 6.07) is 12.3. The van der Waals surface area contributed by atoms with Crippen molar-refractivity contribution < 1.29 is 15.5 Å². The molecule has 3 heterocycles. The van der Waals surface area contributed by atoms with E-state index in [-0.39, 0.29) is 16.8 Å². The van der Waals surface area contributed by atoms with Crippen LogP contribution in [0.5, 0.6) is 0 Å². The van der Waals surface area contributed by atoms with Gasteiger partial charge in [0.25, 0.3) is 0 Å². The molecule has 2 unspecified atom stereocenters. The molecule has 1 aromatic carbocycles. The second kappa shape index (κ2) is 5.62. The number of pyridine rings is 1. The van der Waals surface area contributed by atoms with Crippen molar-refractivity contribution in [2.45, 2.75) is 45.9 Å². The van der Waals surface area contributed by atoms with E-state index in [0.29, 0.717) is 6.54 Å². The minimum atomic E-state index is -2.66. The van der Waals surface area contributed by atoms with Crippen LogP contribution in [0, 0.1) is 0 Å². The van der Waals surface area contributed by atoms with Crippen LogP contribution in [-0.2, 0) is 6.54 Å². The molecule has 0 aliphatic carbocycles. The van der Waals surface area contributed by atoms with Crippen molar-refractivity contribution >= 4 is 0 Å². The second-order valence-electron chi connectivity index (χ2n) is 6.23. The number of nitrogens with zero attached hydrogens (tertiary/aromatic N) is 2. The van der Waals surface area contributed by atoms with Crippen LogP contribution in [0.2, 0.25) is 0 Å². The molecule has 0 N–H and O–H groups in total. The minimum Gasteiger partial charge on any atom is -0.310 e. The highest BCUT2D eigenvalue weighted by atomic mass is 15.1. The standard InChI is InChI=1S/C22H25N2/c1-15(2)18-8-7-9-19(16(3)4)22(18)24-13-11-17-14-23-12-6-5-10-20(23)21(17)24/h5-13,15-16H,14H2,1-4H3/q+1/i1D3,3D3,15D,16D. The lowest BCUT2D eigenvalue weighted by Crippen LogP contribution is -2.31. The van der Waals surface area contributed by atoms with Crippen molar-refractivity contribution in [1.29, 1.82) is 0 Å². The van der Waals surface area contributed by atoms with E-state index in [4.69, 9.17) is 11.0 Å². The third-order valence-electron chi connectivity index (χ3n) is 4.58. The molecule has 24 heavy (non-hydrogen) atoms. The zero-order valence-corrected chi connectivity index (χ0v) is 13.8. The number of aromatic nitrogens is 2. The first-order valence-corrected chi connectivity index (χ1v) is 8.01. The summed E-state index contributed by atoms with van der Waals surface area (Å²) in [4.78, 5) is 0. The highest BCUT2D eigenvalue weighted by Gasteiger charge is 2.30. The van der Waals surface area contributed by atoms with Gasteiger partial charge in [-0.2, -0.15) is 4.57 Å². The molecule has 2 nitrogen and oxygen atoms in total. The minimum absolute atomic E-state index is 0.158. The Kier molecular flexibility index (Phi) is 2.03. The molecule has 3 aromatic rings. The summed E-state index contributed by atoms with van der Waals surface area (Å²) in [6.45, 7) is -2.08. The summed E-state index contributed by atoms with van der Waals surface area (Å²) in [5.74, 6) is -4.04. The van der Waals surface area contributed by atoms with Crippen molar-refractivity contribution in [1.82, 2.24) is 4.57 Å². The SMILES string of the molecule is [2H]C([2H])([2H])C([2H])(C)c1cccc(C([2H])(C)C([2H])([2H])[2H])c1-n1ccc2c1-c1cccc[n+]1C2. The van der Waals surface area contributed by atoms with Gasteiger partial charge in [0.2, 0.25) is 5.69 Å². The van der Waals surface area contributed by atoms with Gasteiger partial charge in [0.05, 0.1) is 5.69 Å². The van der Waals surface area contributed by atoms with Crippen molar-refractivity contribution in [3.8, 4) is 17.1 Å². The van der Waals surface area contributed by atoms with Gasteiger partial charge in [-0.05, 0) is 35.0 Å². The van der Waals surface area contributed by atoms with Crippen LogP contribution in [-0.4, -0.2) is 4.57 Å². The van der Waals surface area contributed by atoms with Gasteiger partial charge in [-0.15, -0.1) is 0 Å². The number of hydrogen-bond donors (Lipinski definition) is 0. The van der Waals surface area contributed by atoms with Crippen molar-refractivity contribution in [3.05, 3.63) is 71.5 Å². The number of benzene rings is 1. The molecular weight excluding hydrogens is 292 g/mol. The van der Waals surface area contributed by atoms with Gasteiger partial charge in [-0.3, -0.25) is 0 Å². The molecule has 4 rings (SSSR count). The molecule has 0 bridgehead atoms. The van der Waals surface area contributed by atoms with Gasteiger partial charge < -0.3 is 4.57 Å². The number of para-hydroxylation sites is 1. The van der Waals surface area contributed by atoms with Crippen molar-refractivity contribution in [3.63, 3.8) is 0 Å².